The lowest BCUT2D eigenvalue weighted by Crippen LogP contribution is -2.15. The van der Waals surface area contributed by atoms with Crippen molar-refractivity contribution in [3.05, 3.63) is 219 Å². The van der Waals surface area contributed by atoms with E-state index in [1.807, 2.05) is 36.7 Å². The molecular weight excluding hydrogens is 729 g/mol. The van der Waals surface area contributed by atoms with Gasteiger partial charge in [0.25, 0.3) is 0 Å². The zero-order chi connectivity index (χ0) is 39.6. The van der Waals surface area contributed by atoms with E-state index in [-0.39, 0.29) is 0 Å². The molecule has 0 aliphatic carbocycles. The van der Waals surface area contributed by atoms with Crippen molar-refractivity contribution in [1.29, 1.82) is 0 Å². The average molecular weight is 765 g/mol. The normalized spacial score (nSPS) is 12.0. The monoisotopic (exact) mass is 764 g/mol. The van der Waals surface area contributed by atoms with Crippen molar-refractivity contribution in [3.63, 3.8) is 0 Å². The summed E-state index contributed by atoms with van der Waals surface area (Å²) in [5, 5.41) is 4.88. The van der Waals surface area contributed by atoms with E-state index in [9.17, 15) is 0 Å². The molecule has 0 radical (unpaired) electrons. The van der Waals surface area contributed by atoms with Gasteiger partial charge in [-0.1, -0.05) is 127 Å². The second kappa shape index (κ2) is 13.8. The smallest absolute Gasteiger partial charge is 0.0702 e. The maximum atomic E-state index is 4.81. The van der Waals surface area contributed by atoms with E-state index in [4.69, 9.17) is 9.97 Å². The Balaban J connectivity index is 1.21. The van der Waals surface area contributed by atoms with Gasteiger partial charge in [-0.3, -0.25) is 9.97 Å². The Morgan fingerprint density at radius 1 is 0.333 bits per heavy atom. The van der Waals surface area contributed by atoms with Crippen LogP contribution >= 0.6 is 0 Å². The highest BCUT2D eigenvalue weighted by Gasteiger charge is 2.31. The van der Waals surface area contributed by atoms with Gasteiger partial charge in [0.05, 0.1) is 33.8 Å². The molecule has 0 unspecified atom stereocenters. The van der Waals surface area contributed by atoms with Gasteiger partial charge in [-0.25, -0.2) is 0 Å². The summed E-state index contributed by atoms with van der Waals surface area (Å²) in [5.41, 5.74) is 17.9. The highest BCUT2D eigenvalue weighted by Crippen LogP contribution is 2.56. The molecule has 0 saturated carbocycles. The van der Waals surface area contributed by atoms with Gasteiger partial charge in [0, 0.05) is 56.6 Å². The first-order valence-electron chi connectivity index (χ1n) is 20.4. The maximum absolute atomic E-state index is 4.81. The molecule has 3 aromatic heterocycles. The molecule has 0 saturated heterocycles. The van der Waals surface area contributed by atoms with Crippen molar-refractivity contribution in [2.45, 2.75) is 0 Å². The summed E-state index contributed by atoms with van der Waals surface area (Å²) < 4.78 is 2.44. The van der Waals surface area contributed by atoms with Gasteiger partial charge < -0.3 is 9.47 Å². The third-order valence-corrected chi connectivity index (χ3v) is 12.0. The van der Waals surface area contributed by atoms with Crippen LogP contribution in [0.1, 0.15) is 0 Å². The lowest BCUT2D eigenvalue weighted by atomic mass is 9.86. The highest BCUT2D eigenvalue weighted by molar-refractivity contribution is 6.26. The van der Waals surface area contributed by atoms with E-state index in [1.165, 1.54) is 66.3 Å². The number of hydrogen-bond acceptors (Lipinski definition) is 3. The van der Waals surface area contributed by atoms with E-state index < -0.39 is 0 Å². The van der Waals surface area contributed by atoms with Gasteiger partial charge >= 0.3 is 0 Å². The zero-order valence-electron chi connectivity index (χ0n) is 32.6. The molecule has 280 valence electrons. The van der Waals surface area contributed by atoms with Gasteiger partial charge in [-0.15, -0.1) is 0 Å². The minimum absolute atomic E-state index is 0.913. The fourth-order valence-electron chi connectivity index (χ4n) is 9.37. The minimum Gasteiger partial charge on any atom is -0.309 e. The summed E-state index contributed by atoms with van der Waals surface area (Å²) in [6, 6.07) is 74.3. The molecule has 0 amide bonds. The third kappa shape index (κ3) is 5.39. The van der Waals surface area contributed by atoms with E-state index in [0.29, 0.717) is 0 Å². The van der Waals surface area contributed by atoms with Crippen LogP contribution in [0.5, 0.6) is 0 Å². The quantitative estimate of drug-likeness (QED) is 0.169. The van der Waals surface area contributed by atoms with E-state index in [0.717, 1.165) is 44.9 Å². The van der Waals surface area contributed by atoms with Crippen molar-refractivity contribution >= 4 is 49.6 Å². The van der Waals surface area contributed by atoms with Crippen LogP contribution in [-0.2, 0) is 0 Å². The zero-order valence-corrected chi connectivity index (χ0v) is 32.6. The summed E-state index contributed by atoms with van der Waals surface area (Å²) in [5.74, 6) is 0. The molecule has 0 N–H and O–H groups in total. The van der Waals surface area contributed by atoms with Gasteiger partial charge in [0.2, 0.25) is 0 Å². The summed E-state index contributed by atoms with van der Waals surface area (Å²) in [6.07, 6.45) is 3.72. The van der Waals surface area contributed by atoms with Gasteiger partial charge in [-0.05, 0) is 112 Å². The molecule has 4 nitrogen and oxygen atoms in total. The molecule has 0 spiro atoms. The number of benzene rings is 8. The number of hydrogen-bond donors (Lipinski definition) is 0. The number of pyridine rings is 2. The molecule has 4 heterocycles. The topological polar surface area (TPSA) is 34.0 Å². The Bertz CT molecular complexity index is 3340. The van der Waals surface area contributed by atoms with E-state index >= 15 is 0 Å². The van der Waals surface area contributed by atoms with Crippen molar-refractivity contribution in [2.75, 3.05) is 4.90 Å². The summed E-state index contributed by atoms with van der Waals surface area (Å²) in [7, 11) is 0. The Labute approximate surface area is 347 Å². The first kappa shape index (κ1) is 34.0. The molecule has 0 bridgehead atoms. The number of para-hydroxylation sites is 1. The predicted octanol–water partition coefficient (Wildman–Crippen LogP) is 14.8. The van der Waals surface area contributed by atoms with Crippen LogP contribution in [0.3, 0.4) is 0 Å². The third-order valence-electron chi connectivity index (χ3n) is 12.0. The average Bonchev–Trinajstić information content (AvgIpc) is 3.67. The molecule has 4 heteroatoms. The Morgan fingerprint density at radius 2 is 0.950 bits per heavy atom. The van der Waals surface area contributed by atoms with Crippen LogP contribution in [0.15, 0.2) is 219 Å². The largest absolute Gasteiger partial charge is 0.309 e. The molecule has 60 heavy (non-hydrogen) atoms. The van der Waals surface area contributed by atoms with Crippen molar-refractivity contribution in [1.82, 2.24) is 14.5 Å². The number of rotatable bonds is 6. The Morgan fingerprint density at radius 3 is 1.63 bits per heavy atom. The van der Waals surface area contributed by atoms with Gasteiger partial charge in [-0.2, -0.15) is 0 Å². The fourth-order valence-corrected chi connectivity index (χ4v) is 9.37. The second-order valence-electron chi connectivity index (χ2n) is 15.4. The summed E-state index contributed by atoms with van der Waals surface area (Å²) in [4.78, 5) is 12.1. The first-order chi connectivity index (χ1) is 29.8. The molecule has 1 aliphatic heterocycles. The molecule has 11 aromatic rings. The Kier molecular flexibility index (Phi) is 7.82. The van der Waals surface area contributed by atoms with E-state index in [2.05, 4.69) is 191 Å². The predicted molar refractivity (Wildman–Crippen MR) is 249 cm³/mol. The summed E-state index contributed by atoms with van der Waals surface area (Å²) >= 11 is 0. The molecular formula is C56H36N4. The lowest BCUT2D eigenvalue weighted by molar-refractivity contribution is 1.17. The first-order valence-corrected chi connectivity index (χ1v) is 20.4. The van der Waals surface area contributed by atoms with Gasteiger partial charge in [0.1, 0.15) is 0 Å². The van der Waals surface area contributed by atoms with Crippen LogP contribution in [0, 0.1) is 0 Å². The summed E-state index contributed by atoms with van der Waals surface area (Å²) in [6.45, 7) is 0. The number of anilines is 3. The molecule has 0 atom stereocenters. The highest BCUT2D eigenvalue weighted by atomic mass is 15.2. The van der Waals surface area contributed by atoms with E-state index in [1.54, 1.807) is 0 Å². The van der Waals surface area contributed by atoms with Crippen molar-refractivity contribution in [2.24, 2.45) is 0 Å². The molecule has 1 aliphatic rings. The van der Waals surface area contributed by atoms with Crippen LogP contribution in [-0.4, -0.2) is 14.5 Å². The molecule has 12 rings (SSSR count). The second-order valence-corrected chi connectivity index (χ2v) is 15.4. The Hall–Kier alpha value is -8.08. The number of aromatic nitrogens is 3. The minimum atomic E-state index is 0.913. The maximum Gasteiger partial charge on any atom is 0.0702 e. The molecule has 0 fully saturated rings. The lowest BCUT2D eigenvalue weighted by Gasteiger charge is -2.34. The van der Waals surface area contributed by atoms with Gasteiger partial charge in [0.15, 0.2) is 0 Å². The fraction of sp³-hybridized carbons (Fsp3) is 0. The SMILES string of the molecule is c1ccc(-c2ccc3c(c2)c2c4c(ccc2n3-c2cc(-c3ccccn3)cc(-c3ccccn3)c2)-c2ccc(-c3ccccc3)c3cccc(c23)N4c2ccccc2)cc1. The van der Waals surface area contributed by atoms with Crippen molar-refractivity contribution < 1.29 is 0 Å². The number of fused-ring (bicyclic) bond motifs is 6. The van der Waals surface area contributed by atoms with Crippen molar-refractivity contribution in [3.8, 4) is 61.6 Å². The number of nitrogens with zero attached hydrogens (tertiary/aromatic N) is 4. The van der Waals surface area contributed by atoms with Crippen LogP contribution < -0.4 is 4.90 Å². The van der Waals surface area contributed by atoms with Crippen LogP contribution in [0.25, 0.3) is 94.2 Å². The molecule has 8 aromatic carbocycles. The van der Waals surface area contributed by atoms with Crippen LogP contribution in [0.2, 0.25) is 0 Å². The van der Waals surface area contributed by atoms with Crippen LogP contribution in [0.4, 0.5) is 17.1 Å². The standard InChI is InChI=1S/C56H36N4/c1-4-15-37(16-5-1)39-25-29-51-48(36-39)55-53(59(51)43-34-40(49-22-10-12-31-57-49)33-41(35-43)50-23-11-13-32-58-50)30-28-47-46-27-26-44(38-17-6-2-7-18-38)45-21-14-24-52(54(45)46)60(56(47)55)42-19-8-3-9-20-42/h1-36H.